The van der Waals surface area contributed by atoms with Gasteiger partial charge in [0.2, 0.25) is 0 Å². The number of esters is 1. The molecule has 0 unspecified atom stereocenters. The van der Waals surface area contributed by atoms with E-state index in [0.717, 1.165) is 12.8 Å². The second-order valence-corrected chi connectivity index (χ2v) is 5.57. The van der Waals surface area contributed by atoms with Gasteiger partial charge in [0, 0.05) is 28.9 Å². The van der Waals surface area contributed by atoms with Crippen molar-refractivity contribution < 1.29 is 19.1 Å². The molecule has 0 saturated carbocycles. The Morgan fingerprint density at radius 2 is 1.83 bits per heavy atom. The zero-order valence-electron chi connectivity index (χ0n) is 14.1. The van der Waals surface area contributed by atoms with Crippen molar-refractivity contribution in [1.29, 1.82) is 0 Å². The van der Waals surface area contributed by atoms with Crippen molar-refractivity contribution in [1.82, 2.24) is 5.32 Å². The Balaban J connectivity index is 2.48. The Bertz CT molecular complexity index is 743. The zero-order valence-corrected chi connectivity index (χ0v) is 14.1. The maximum absolute atomic E-state index is 12.8. The van der Waals surface area contributed by atoms with E-state index >= 15 is 0 Å². The smallest absolute Gasteiger partial charge is 0.340 e. The molecule has 126 valence electrons. The number of carbonyl (C=O) groups is 3. The van der Waals surface area contributed by atoms with Crippen LogP contribution in [0.15, 0.2) is 47.2 Å². The first-order valence-electron chi connectivity index (χ1n) is 7.94. The van der Waals surface area contributed by atoms with E-state index in [2.05, 4.69) is 12.2 Å². The van der Waals surface area contributed by atoms with Crippen LogP contribution in [0.5, 0.6) is 0 Å². The van der Waals surface area contributed by atoms with E-state index in [4.69, 9.17) is 4.74 Å². The Morgan fingerprint density at radius 3 is 2.46 bits per heavy atom. The van der Waals surface area contributed by atoms with Gasteiger partial charge in [0.1, 0.15) is 0 Å². The summed E-state index contributed by atoms with van der Waals surface area (Å²) in [5.74, 6) is -1.27. The number of fused-ring (bicyclic) bond motifs is 1. The van der Waals surface area contributed by atoms with Gasteiger partial charge in [0.05, 0.1) is 12.7 Å². The van der Waals surface area contributed by atoms with Crippen LogP contribution in [-0.4, -0.2) is 31.2 Å². The van der Waals surface area contributed by atoms with E-state index in [1.54, 1.807) is 31.2 Å². The van der Waals surface area contributed by atoms with E-state index in [1.165, 1.54) is 13.2 Å². The number of benzene rings is 1. The molecule has 0 bridgehead atoms. The van der Waals surface area contributed by atoms with E-state index < -0.39 is 5.97 Å². The Kier molecular flexibility index (Phi) is 5.68. The largest absolute Gasteiger partial charge is 0.465 e. The molecule has 0 amide bonds. The molecule has 0 radical (unpaired) electrons. The lowest BCUT2D eigenvalue weighted by Gasteiger charge is -2.18. The molecule has 1 aromatic carbocycles. The summed E-state index contributed by atoms with van der Waals surface area (Å²) in [4.78, 5) is 37.3. The first-order chi connectivity index (χ1) is 11.5. The van der Waals surface area contributed by atoms with E-state index in [9.17, 15) is 14.4 Å². The zero-order chi connectivity index (χ0) is 17.7. The Morgan fingerprint density at radius 1 is 1.17 bits per heavy atom. The lowest BCUT2D eigenvalue weighted by molar-refractivity contribution is -0.135. The average molecular weight is 327 g/mol. The highest BCUT2D eigenvalue weighted by Crippen LogP contribution is 2.27. The fourth-order valence-electron chi connectivity index (χ4n) is 2.61. The predicted molar refractivity (Wildman–Crippen MR) is 90.8 cm³/mol. The van der Waals surface area contributed by atoms with Crippen LogP contribution in [-0.2, 0) is 9.53 Å². The molecule has 0 fully saturated rings. The van der Waals surface area contributed by atoms with Crippen LogP contribution in [0.4, 0.5) is 0 Å². The van der Waals surface area contributed by atoms with E-state index in [0.29, 0.717) is 23.4 Å². The Labute approximate surface area is 141 Å². The summed E-state index contributed by atoms with van der Waals surface area (Å²) < 4.78 is 4.82. The second kappa shape index (κ2) is 7.73. The topological polar surface area (TPSA) is 72.5 Å². The van der Waals surface area contributed by atoms with Gasteiger partial charge in [-0.15, -0.1) is 0 Å². The van der Waals surface area contributed by atoms with Crippen LogP contribution < -0.4 is 5.32 Å². The van der Waals surface area contributed by atoms with Crippen molar-refractivity contribution in [3.63, 3.8) is 0 Å². The number of hydrogen-bond donors (Lipinski definition) is 1. The molecule has 0 atom stereocenters. The summed E-state index contributed by atoms with van der Waals surface area (Å²) in [6, 6.07) is 6.60. The number of unbranched alkanes of at least 4 members (excludes halogenated alkanes) is 1. The number of methoxy groups -OCH3 is 1. The van der Waals surface area contributed by atoms with Crippen LogP contribution in [0.3, 0.4) is 0 Å². The normalized spacial score (nSPS) is 14.5. The number of rotatable bonds is 6. The fraction of sp³-hybridized carbons (Fsp3) is 0.316. The van der Waals surface area contributed by atoms with E-state index in [1.807, 2.05) is 0 Å². The van der Waals surface area contributed by atoms with Crippen molar-refractivity contribution in [2.75, 3.05) is 13.7 Å². The predicted octanol–water partition coefficient (Wildman–Crippen LogP) is 2.83. The summed E-state index contributed by atoms with van der Waals surface area (Å²) in [5.41, 5.74) is 1.38. The van der Waals surface area contributed by atoms with Gasteiger partial charge in [0.15, 0.2) is 11.6 Å². The molecule has 1 aliphatic carbocycles. The third-order valence-electron chi connectivity index (χ3n) is 3.91. The molecule has 1 N–H and O–H groups in total. The molecule has 1 aliphatic rings. The molecule has 5 heteroatoms. The third kappa shape index (κ3) is 3.45. The molecule has 0 aliphatic heterocycles. The van der Waals surface area contributed by atoms with Gasteiger partial charge in [-0.3, -0.25) is 9.59 Å². The number of carbonyl (C=O) groups excluding carboxylic acids is 3. The molecule has 5 nitrogen and oxygen atoms in total. The van der Waals surface area contributed by atoms with Gasteiger partial charge in [-0.05, 0) is 19.4 Å². The lowest BCUT2D eigenvalue weighted by atomic mass is 9.85. The molecule has 2 rings (SSSR count). The van der Waals surface area contributed by atoms with Gasteiger partial charge in [0.25, 0.3) is 0 Å². The monoisotopic (exact) mass is 327 g/mol. The first-order valence-corrected chi connectivity index (χ1v) is 7.94. The molecule has 0 heterocycles. The van der Waals surface area contributed by atoms with Crippen LogP contribution in [0.25, 0.3) is 0 Å². The molecule has 24 heavy (non-hydrogen) atoms. The first kappa shape index (κ1) is 17.7. The van der Waals surface area contributed by atoms with Crippen molar-refractivity contribution in [2.24, 2.45) is 0 Å². The summed E-state index contributed by atoms with van der Waals surface area (Å²) in [7, 11) is 1.26. The van der Waals surface area contributed by atoms with Crippen LogP contribution in [0, 0.1) is 0 Å². The average Bonchev–Trinajstić information content (AvgIpc) is 2.59. The summed E-state index contributed by atoms with van der Waals surface area (Å²) in [5, 5.41) is 3.13. The van der Waals surface area contributed by atoms with Crippen LogP contribution in [0.1, 0.15) is 47.4 Å². The molecular formula is C19H21NO4. The van der Waals surface area contributed by atoms with Gasteiger partial charge in [-0.25, -0.2) is 4.79 Å². The van der Waals surface area contributed by atoms with Gasteiger partial charge in [-0.2, -0.15) is 0 Å². The third-order valence-corrected chi connectivity index (χ3v) is 3.91. The van der Waals surface area contributed by atoms with Crippen LogP contribution >= 0.6 is 0 Å². The maximum atomic E-state index is 12.8. The van der Waals surface area contributed by atoms with Gasteiger partial charge >= 0.3 is 5.97 Å². The number of Topliss-reactive ketones (excluding diaryl/α,β-unsaturated/α-hetero) is 1. The number of ether oxygens (including phenoxy) is 1. The highest BCUT2D eigenvalue weighted by molar-refractivity contribution is 6.28. The lowest BCUT2D eigenvalue weighted by Crippen LogP contribution is -2.25. The summed E-state index contributed by atoms with van der Waals surface area (Å²) >= 11 is 0. The van der Waals surface area contributed by atoms with Crippen molar-refractivity contribution in [3.8, 4) is 0 Å². The number of allylic oxidation sites excluding steroid dienone is 2. The SMILES string of the molecule is CCCCN/C(C)=C(/C(=O)OC)C1=CC(=O)c2ccccc2C1=O. The molecule has 0 saturated heterocycles. The van der Waals surface area contributed by atoms with Crippen molar-refractivity contribution >= 4 is 17.5 Å². The number of nitrogens with one attached hydrogen (secondary N) is 1. The van der Waals surface area contributed by atoms with Crippen molar-refractivity contribution in [2.45, 2.75) is 26.7 Å². The van der Waals surface area contributed by atoms with E-state index in [-0.39, 0.29) is 22.7 Å². The minimum atomic E-state index is -0.636. The number of ketones is 2. The number of hydrogen-bond acceptors (Lipinski definition) is 5. The highest BCUT2D eigenvalue weighted by atomic mass is 16.5. The van der Waals surface area contributed by atoms with Gasteiger partial charge < -0.3 is 10.1 Å². The molecular weight excluding hydrogens is 306 g/mol. The maximum Gasteiger partial charge on any atom is 0.340 e. The van der Waals surface area contributed by atoms with Gasteiger partial charge in [-0.1, -0.05) is 37.6 Å². The molecule has 0 aromatic heterocycles. The van der Waals surface area contributed by atoms with Crippen molar-refractivity contribution in [3.05, 3.63) is 58.3 Å². The van der Waals surface area contributed by atoms with Crippen LogP contribution in [0.2, 0.25) is 0 Å². The second-order valence-electron chi connectivity index (χ2n) is 5.57. The standard InChI is InChI=1S/C19H21NO4/c1-4-5-10-20-12(2)17(19(23)24-3)15-11-16(21)13-8-6-7-9-14(13)18(15)22/h6-9,11,20H,4-5,10H2,1-3H3/b17-12+. The Hall–Kier alpha value is -2.69. The minimum absolute atomic E-state index is 0.0760. The molecule has 0 spiro atoms. The highest BCUT2D eigenvalue weighted by Gasteiger charge is 2.31. The fourth-order valence-corrected chi connectivity index (χ4v) is 2.61. The summed E-state index contributed by atoms with van der Waals surface area (Å²) in [6.45, 7) is 4.45. The summed E-state index contributed by atoms with van der Waals surface area (Å²) in [6.07, 6.45) is 3.16. The quantitative estimate of drug-likeness (QED) is 0.494. The molecule has 1 aromatic rings. The minimum Gasteiger partial charge on any atom is -0.465 e.